The summed E-state index contributed by atoms with van der Waals surface area (Å²) < 4.78 is 1.21. The van der Waals surface area contributed by atoms with Gasteiger partial charge in [0.05, 0.1) is 15.2 Å². The van der Waals surface area contributed by atoms with Crippen LogP contribution in [0.4, 0.5) is 11.4 Å². The van der Waals surface area contributed by atoms with Gasteiger partial charge < -0.3 is 15.1 Å². The lowest BCUT2D eigenvalue weighted by molar-refractivity contribution is -0.116. The fraction of sp³-hybridized carbons (Fsp3) is 0.391. The monoisotopic (exact) mass is 408 g/mol. The number of para-hydroxylation sites is 1. The second kappa shape index (κ2) is 8.93. The van der Waals surface area contributed by atoms with Gasteiger partial charge in [-0.3, -0.25) is 4.79 Å². The lowest BCUT2D eigenvalue weighted by Gasteiger charge is -2.35. The number of fused-ring (bicyclic) bond motifs is 1. The maximum Gasteiger partial charge on any atom is 0.224 e. The van der Waals surface area contributed by atoms with E-state index in [0.717, 1.165) is 55.2 Å². The molecule has 0 bridgehead atoms. The number of nitrogens with one attached hydrogen (secondary N) is 1. The molecule has 1 fully saturated rings. The van der Waals surface area contributed by atoms with Crippen molar-refractivity contribution in [1.82, 2.24) is 9.88 Å². The van der Waals surface area contributed by atoms with E-state index < -0.39 is 0 Å². The number of nitrogens with zero attached hydrogens (tertiary/aromatic N) is 3. The van der Waals surface area contributed by atoms with E-state index in [0.29, 0.717) is 6.42 Å². The molecule has 1 amide bonds. The van der Waals surface area contributed by atoms with Gasteiger partial charge in [-0.1, -0.05) is 12.1 Å². The minimum Gasteiger partial charge on any atom is -0.369 e. The van der Waals surface area contributed by atoms with Crippen molar-refractivity contribution >= 4 is 38.8 Å². The average Bonchev–Trinajstić information content (AvgIpc) is 3.12. The molecule has 2 aromatic carbocycles. The predicted molar refractivity (Wildman–Crippen MR) is 122 cm³/mol. The molecule has 1 aliphatic heterocycles. The summed E-state index contributed by atoms with van der Waals surface area (Å²) in [6.45, 7) is 6.40. The Labute approximate surface area is 176 Å². The smallest absolute Gasteiger partial charge is 0.224 e. The zero-order valence-electron chi connectivity index (χ0n) is 17.1. The molecule has 0 spiro atoms. The number of aromatic nitrogens is 1. The summed E-state index contributed by atoms with van der Waals surface area (Å²) in [6.07, 6.45) is 2.16. The average molecular weight is 409 g/mol. The van der Waals surface area contributed by atoms with E-state index in [1.165, 1.54) is 16.0 Å². The van der Waals surface area contributed by atoms with Crippen LogP contribution >= 0.6 is 11.3 Å². The highest BCUT2D eigenvalue weighted by atomic mass is 32.1. The molecule has 4 rings (SSSR count). The van der Waals surface area contributed by atoms with Crippen LogP contribution in [-0.4, -0.2) is 49.0 Å². The third-order valence-electron chi connectivity index (χ3n) is 5.46. The van der Waals surface area contributed by atoms with Crippen LogP contribution in [0, 0.1) is 6.92 Å². The molecule has 0 unspecified atom stereocenters. The summed E-state index contributed by atoms with van der Waals surface area (Å²) in [5.74, 6) is 0.0675. The summed E-state index contributed by atoms with van der Waals surface area (Å²) in [7, 11) is 2.17. The van der Waals surface area contributed by atoms with Crippen molar-refractivity contribution in [2.24, 2.45) is 0 Å². The number of hydrogen-bond donors (Lipinski definition) is 1. The molecule has 0 saturated carbocycles. The normalized spacial score (nSPS) is 15.0. The first-order valence-corrected chi connectivity index (χ1v) is 11.1. The Balaban J connectivity index is 1.28. The van der Waals surface area contributed by atoms with Gasteiger partial charge in [-0.15, -0.1) is 11.3 Å². The summed E-state index contributed by atoms with van der Waals surface area (Å²) in [5, 5.41) is 4.15. The first kappa shape index (κ1) is 19.9. The maximum absolute atomic E-state index is 12.4. The van der Waals surface area contributed by atoms with Crippen LogP contribution in [0.3, 0.4) is 0 Å². The second-order valence-electron chi connectivity index (χ2n) is 7.77. The Morgan fingerprint density at radius 1 is 1.14 bits per heavy atom. The van der Waals surface area contributed by atoms with E-state index >= 15 is 0 Å². The van der Waals surface area contributed by atoms with Crippen LogP contribution in [0.15, 0.2) is 42.5 Å². The zero-order valence-corrected chi connectivity index (χ0v) is 18.0. The van der Waals surface area contributed by atoms with Gasteiger partial charge in [0, 0.05) is 44.0 Å². The lowest BCUT2D eigenvalue weighted by Crippen LogP contribution is -2.44. The SMILES string of the molecule is Cc1cc(NC(=O)CCCc2nc3ccccc3s2)ccc1N1CCN(C)CC1. The number of amides is 1. The number of aryl methyl sites for hydroxylation is 2. The largest absolute Gasteiger partial charge is 0.369 e. The van der Waals surface area contributed by atoms with Gasteiger partial charge in [-0.25, -0.2) is 4.98 Å². The quantitative estimate of drug-likeness (QED) is 0.660. The van der Waals surface area contributed by atoms with Gasteiger partial charge in [-0.2, -0.15) is 0 Å². The van der Waals surface area contributed by atoms with Gasteiger partial charge in [0.25, 0.3) is 0 Å². The molecular formula is C23H28N4OS. The number of benzene rings is 2. The minimum atomic E-state index is 0.0675. The highest BCUT2D eigenvalue weighted by Gasteiger charge is 2.16. The number of carbonyl (C=O) groups is 1. The molecule has 1 saturated heterocycles. The van der Waals surface area contributed by atoms with E-state index in [-0.39, 0.29) is 5.91 Å². The molecule has 0 atom stereocenters. The number of piperazine rings is 1. The van der Waals surface area contributed by atoms with Crippen LogP contribution in [0.25, 0.3) is 10.2 Å². The van der Waals surface area contributed by atoms with Crippen molar-refractivity contribution in [2.75, 3.05) is 43.4 Å². The van der Waals surface area contributed by atoms with Crippen molar-refractivity contribution in [3.63, 3.8) is 0 Å². The van der Waals surface area contributed by atoms with Crippen molar-refractivity contribution in [3.05, 3.63) is 53.0 Å². The Bertz CT molecular complexity index is 958. The van der Waals surface area contributed by atoms with Crippen LogP contribution in [0.1, 0.15) is 23.4 Å². The summed E-state index contributed by atoms with van der Waals surface area (Å²) in [5.41, 5.74) is 4.41. The summed E-state index contributed by atoms with van der Waals surface area (Å²) >= 11 is 1.72. The molecule has 3 aromatic rings. The topological polar surface area (TPSA) is 48.5 Å². The van der Waals surface area contributed by atoms with E-state index in [1.807, 2.05) is 24.3 Å². The minimum absolute atomic E-state index is 0.0675. The Morgan fingerprint density at radius 2 is 1.93 bits per heavy atom. The Kier molecular flexibility index (Phi) is 6.11. The molecule has 29 heavy (non-hydrogen) atoms. The van der Waals surface area contributed by atoms with Crippen molar-refractivity contribution in [3.8, 4) is 0 Å². The van der Waals surface area contributed by atoms with E-state index in [1.54, 1.807) is 11.3 Å². The van der Waals surface area contributed by atoms with Crippen LogP contribution < -0.4 is 10.2 Å². The number of rotatable bonds is 6. The Morgan fingerprint density at radius 3 is 2.69 bits per heavy atom. The molecule has 2 heterocycles. The predicted octanol–water partition coefficient (Wildman–Crippen LogP) is 4.32. The van der Waals surface area contributed by atoms with Gasteiger partial charge in [0.15, 0.2) is 0 Å². The molecule has 5 nitrogen and oxygen atoms in total. The molecular weight excluding hydrogens is 380 g/mol. The van der Waals surface area contributed by atoms with Gasteiger partial charge in [0.1, 0.15) is 0 Å². The fourth-order valence-corrected chi connectivity index (χ4v) is 4.80. The van der Waals surface area contributed by atoms with Crippen LogP contribution in [0.5, 0.6) is 0 Å². The van der Waals surface area contributed by atoms with Crippen LogP contribution in [0.2, 0.25) is 0 Å². The van der Waals surface area contributed by atoms with E-state index in [2.05, 4.69) is 52.3 Å². The number of hydrogen-bond acceptors (Lipinski definition) is 5. The fourth-order valence-electron chi connectivity index (χ4n) is 3.79. The maximum atomic E-state index is 12.4. The summed E-state index contributed by atoms with van der Waals surface area (Å²) in [6, 6.07) is 14.4. The van der Waals surface area contributed by atoms with Gasteiger partial charge in [-0.05, 0) is 62.7 Å². The first-order valence-electron chi connectivity index (χ1n) is 10.3. The molecule has 1 aliphatic rings. The Hall–Kier alpha value is -2.44. The number of carbonyl (C=O) groups excluding carboxylic acids is 1. The van der Waals surface area contributed by atoms with E-state index in [9.17, 15) is 4.79 Å². The van der Waals surface area contributed by atoms with Gasteiger partial charge >= 0.3 is 0 Å². The molecule has 152 valence electrons. The van der Waals surface area contributed by atoms with Crippen LogP contribution in [-0.2, 0) is 11.2 Å². The molecule has 0 aliphatic carbocycles. The standard InChI is InChI=1S/C23H28N4OS/c1-17-16-18(10-11-20(17)27-14-12-26(2)13-15-27)24-22(28)8-5-9-23-25-19-6-3-4-7-21(19)29-23/h3-4,6-7,10-11,16H,5,8-9,12-15H2,1-2H3,(H,24,28). The lowest BCUT2D eigenvalue weighted by atomic mass is 10.1. The first-order chi connectivity index (χ1) is 14.1. The highest BCUT2D eigenvalue weighted by Crippen LogP contribution is 2.25. The second-order valence-corrected chi connectivity index (χ2v) is 8.88. The van der Waals surface area contributed by atoms with E-state index in [4.69, 9.17) is 0 Å². The number of anilines is 2. The van der Waals surface area contributed by atoms with Gasteiger partial charge in [0.2, 0.25) is 5.91 Å². The number of likely N-dealkylation sites (N-methyl/N-ethyl adjacent to an activating group) is 1. The van der Waals surface area contributed by atoms with Crippen molar-refractivity contribution in [1.29, 1.82) is 0 Å². The zero-order chi connectivity index (χ0) is 20.2. The number of thiazole rings is 1. The van der Waals surface area contributed by atoms with Crippen molar-refractivity contribution < 1.29 is 4.79 Å². The molecule has 0 radical (unpaired) electrons. The molecule has 1 N–H and O–H groups in total. The third kappa shape index (κ3) is 4.95. The van der Waals surface area contributed by atoms with Crippen molar-refractivity contribution in [2.45, 2.75) is 26.2 Å². The third-order valence-corrected chi connectivity index (χ3v) is 6.55. The highest BCUT2D eigenvalue weighted by molar-refractivity contribution is 7.18. The molecule has 1 aromatic heterocycles. The molecule has 6 heteroatoms. The summed E-state index contributed by atoms with van der Waals surface area (Å²) in [4.78, 5) is 21.8.